The largest absolute Gasteiger partial charge is 0.501 e. The van der Waals surface area contributed by atoms with Gasteiger partial charge in [-0.05, 0) is 69.6 Å². The van der Waals surface area contributed by atoms with Crippen LogP contribution in [0.25, 0.3) is 55.6 Å². The van der Waals surface area contributed by atoms with Gasteiger partial charge in [0.15, 0.2) is 0 Å². The molecular weight excluding hydrogens is 817 g/mol. The van der Waals surface area contributed by atoms with Crippen LogP contribution in [0.15, 0.2) is 114 Å². The zero-order valence-corrected chi connectivity index (χ0v) is 34.7. The minimum atomic E-state index is -1.37. The fraction of sp³-hybridized carbons (Fsp3) is 0.261. The second-order valence-corrected chi connectivity index (χ2v) is 20.9. The zero-order valence-electron chi connectivity index (χ0n) is 31.3. The third-order valence-corrected chi connectivity index (χ3v) is 11.1. The number of aromatic nitrogens is 2. The van der Waals surface area contributed by atoms with Crippen molar-refractivity contribution >= 4 is 35.2 Å². The van der Waals surface area contributed by atoms with Gasteiger partial charge >= 0.3 is 0 Å². The van der Waals surface area contributed by atoms with E-state index in [-0.39, 0.29) is 25.5 Å². The molecule has 4 aromatic carbocycles. The summed E-state index contributed by atoms with van der Waals surface area (Å²) in [7, 11) is -1.37. The first-order valence-electron chi connectivity index (χ1n) is 17.6. The molecule has 0 aliphatic heterocycles. The molecule has 263 valence electrons. The quantitative estimate of drug-likeness (QED) is 0.123. The number of nitrogens with zero attached hydrogens (tertiary/aromatic N) is 2. The number of fused-ring (bicyclic) bond motifs is 3. The Morgan fingerprint density at radius 1 is 0.765 bits per heavy atom. The van der Waals surface area contributed by atoms with E-state index in [1.54, 1.807) is 0 Å². The second kappa shape index (κ2) is 15.6. The number of pyridine rings is 2. The molecule has 0 spiro atoms. The third-order valence-electron chi connectivity index (χ3n) is 9.07. The fourth-order valence-corrected chi connectivity index (χ4v) is 8.06. The molecule has 0 aliphatic carbocycles. The molecule has 51 heavy (non-hydrogen) atoms. The number of aryl methyl sites for hydroxylation is 1. The van der Waals surface area contributed by atoms with Crippen LogP contribution in [-0.4, -0.2) is 18.0 Å². The van der Waals surface area contributed by atoms with Crippen LogP contribution in [0.4, 0.5) is 0 Å². The Labute approximate surface area is 319 Å². The maximum Gasteiger partial charge on any atom is 0.121 e. The monoisotopic (exact) mass is 865 g/mol. The summed E-state index contributed by atoms with van der Waals surface area (Å²) in [5.41, 5.74) is 12.2. The maximum absolute atomic E-state index is 6.33. The van der Waals surface area contributed by atoms with Gasteiger partial charge in [0, 0.05) is 37.9 Å². The second-order valence-electron chi connectivity index (χ2n) is 15.8. The molecule has 3 nitrogen and oxygen atoms in total. The average molecular weight is 865 g/mol. The van der Waals surface area contributed by atoms with Gasteiger partial charge in [0.05, 0.1) is 13.7 Å². The average Bonchev–Trinajstić information content (AvgIpc) is 3.47. The van der Waals surface area contributed by atoms with Gasteiger partial charge in [0.25, 0.3) is 0 Å². The summed E-state index contributed by atoms with van der Waals surface area (Å²) in [5.74, 6) is 0.464. The van der Waals surface area contributed by atoms with Crippen molar-refractivity contribution in [3.63, 3.8) is 0 Å². The van der Waals surface area contributed by atoms with Crippen LogP contribution in [0.5, 0.6) is 0 Å². The van der Waals surface area contributed by atoms with E-state index in [1.807, 2.05) is 36.5 Å². The van der Waals surface area contributed by atoms with Crippen molar-refractivity contribution in [1.29, 1.82) is 0 Å². The van der Waals surface area contributed by atoms with Crippen LogP contribution in [0.1, 0.15) is 57.2 Å². The number of hydrogen-bond acceptors (Lipinski definition) is 3. The number of benzene rings is 4. The van der Waals surface area contributed by atoms with Gasteiger partial charge in [-0.3, -0.25) is 0 Å². The van der Waals surface area contributed by atoms with Gasteiger partial charge in [0.2, 0.25) is 0 Å². The van der Waals surface area contributed by atoms with Crippen molar-refractivity contribution in [2.24, 2.45) is 5.41 Å². The molecule has 0 atom stereocenters. The third kappa shape index (κ3) is 8.84. The van der Waals surface area contributed by atoms with Crippen LogP contribution >= 0.6 is 0 Å². The molecular formula is C46H48IrN2OSi-2. The van der Waals surface area contributed by atoms with Crippen molar-refractivity contribution in [3.05, 3.63) is 138 Å². The molecule has 0 amide bonds. The predicted molar refractivity (Wildman–Crippen MR) is 215 cm³/mol. The number of rotatable bonds is 6. The SMILES string of the molecule is CC(C)(C)Cc1cc(-c2[c-]cccc2)ncc1[Si](C)(C)C.Cc1cnc(-c2[c-]ccc3c2oc2cc(C(C)C)ccc23)cc1-c1ccccc1.[Ir]. The molecule has 7 aromatic rings. The van der Waals surface area contributed by atoms with E-state index >= 15 is 0 Å². The van der Waals surface area contributed by atoms with E-state index in [4.69, 9.17) is 14.4 Å². The van der Waals surface area contributed by atoms with Crippen LogP contribution in [0.2, 0.25) is 19.6 Å². The number of furan rings is 1. The van der Waals surface area contributed by atoms with Crippen LogP contribution in [-0.2, 0) is 26.5 Å². The van der Waals surface area contributed by atoms with Gasteiger partial charge in [0.1, 0.15) is 5.58 Å². The maximum atomic E-state index is 6.33. The minimum absolute atomic E-state index is 0. The Morgan fingerprint density at radius 3 is 2.16 bits per heavy atom. The summed E-state index contributed by atoms with van der Waals surface area (Å²) in [6, 6.07) is 40.1. The molecule has 0 fully saturated rings. The molecule has 0 unspecified atom stereocenters. The normalized spacial score (nSPS) is 11.7. The Balaban J connectivity index is 0.000000205. The van der Waals surface area contributed by atoms with Gasteiger partial charge in [-0.25, -0.2) is 0 Å². The zero-order chi connectivity index (χ0) is 35.6. The van der Waals surface area contributed by atoms with Crippen molar-refractivity contribution in [2.45, 2.75) is 73.5 Å². The van der Waals surface area contributed by atoms with E-state index in [1.165, 1.54) is 27.4 Å². The molecule has 3 aromatic heterocycles. The molecule has 5 heteroatoms. The first-order valence-corrected chi connectivity index (χ1v) is 21.1. The van der Waals surface area contributed by atoms with Gasteiger partial charge in [-0.2, -0.15) is 0 Å². The molecule has 0 saturated carbocycles. The standard InChI is InChI=1S/C27H22NO.C19H26NSi.Ir/c1-17(2)20-12-13-21-22-10-7-11-23(27(22)29-26(21)14-20)25-15-24(18(3)16-28-25)19-8-5-4-6-9-19;1-19(2,3)13-16-12-17(15-10-8-7-9-11-15)20-14-18(16)21(4,5)6;/h4-10,12-17H,1-3H3;7-10,12,14H,13H2,1-6H3;/q2*-1;. The van der Waals surface area contributed by atoms with Crippen molar-refractivity contribution < 1.29 is 24.5 Å². The van der Waals surface area contributed by atoms with Gasteiger partial charge < -0.3 is 14.4 Å². The Kier molecular flexibility index (Phi) is 11.7. The van der Waals surface area contributed by atoms with E-state index < -0.39 is 8.07 Å². The molecule has 3 heterocycles. The number of hydrogen-bond donors (Lipinski definition) is 0. The van der Waals surface area contributed by atoms with Crippen LogP contribution < -0.4 is 5.19 Å². The summed E-state index contributed by atoms with van der Waals surface area (Å²) in [6.45, 7) is 20.6. The predicted octanol–water partition coefficient (Wildman–Crippen LogP) is 12.2. The Morgan fingerprint density at radius 2 is 1.49 bits per heavy atom. The Hall–Kier alpha value is -4.15. The summed E-state index contributed by atoms with van der Waals surface area (Å²) in [4.78, 5) is 9.42. The first kappa shape index (κ1) is 38.1. The summed E-state index contributed by atoms with van der Waals surface area (Å²) >= 11 is 0. The minimum Gasteiger partial charge on any atom is -0.501 e. The van der Waals surface area contributed by atoms with E-state index in [0.29, 0.717) is 5.92 Å². The van der Waals surface area contributed by atoms with E-state index in [9.17, 15) is 0 Å². The molecule has 7 rings (SSSR count). The summed E-state index contributed by atoms with van der Waals surface area (Å²) < 4.78 is 6.33. The Bertz CT molecular complexity index is 2240. The van der Waals surface area contributed by atoms with Crippen LogP contribution in [0.3, 0.4) is 0 Å². The smallest absolute Gasteiger partial charge is 0.121 e. The van der Waals surface area contributed by atoms with Crippen molar-refractivity contribution in [1.82, 2.24) is 9.97 Å². The summed E-state index contributed by atoms with van der Waals surface area (Å²) in [5, 5.41) is 3.72. The van der Waals surface area contributed by atoms with Crippen molar-refractivity contribution in [3.8, 4) is 33.6 Å². The fourth-order valence-electron chi connectivity index (χ4n) is 6.49. The molecule has 0 bridgehead atoms. The molecule has 0 aliphatic rings. The topological polar surface area (TPSA) is 38.9 Å². The molecule has 0 N–H and O–H groups in total. The van der Waals surface area contributed by atoms with Gasteiger partial charge in [-0.1, -0.05) is 125 Å². The first-order chi connectivity index (χ1) is 23.8. The summed E-state index contributed by atoms with van der Waals surface area (Å²) in [6.07, 6.45) is 5.14. The van der Waals surface area contributed by atoms with Gasteiger partial charge in [-0.15, -0.1) is 54.1 Å². The van der Waals surface area contributed by atoms with E-state index in [0.717, 1.165) is 56.4 Å². The molecule has 0 saturated heterocycles. The van der Waals surface area contributed by atoms with Crippen molar-refractivity contribution in [2.75, 3.05) is 0 Å². The van der Waals surface area contributed by atoms with E-state index in [2.05, 4.69) is 146 Å². The van der Waals surface area contributed by atoms with Crippen LogP contribution in [0, 0.1) is 24.5 Å². The molecule has 1 radical (unpaired) electrons.